The Hall–Kier alpha value is -1.06. The van der Waals surface area contributed by atoms with Gasteiger partial charge in [0.25, 0.3) is 0 Å². The van der Waals surface area contributed by atoms with E-state index in [1.807, 2.05) is 11.8 Å². The van der Waals surface area contributed by atoms with Gasteiger partial charge in [-0.3, -0.25) is 9.59 Å². The van der Waals surface area contributed by atoms with Crippen molar-refractivity contribution in [2.45, 2.75) is 64.5 Å². The summed E-state index contributed by atoms with van der Waals surface area (Å²) < 4.78 is 0. The van der Waals surface area contributed by atoms with E-state index in [1.165, 1.54) is 0 Å². The molecule has 2 rings (SSSR count). The highest BCUT2D eigenvalue weighted by Crippen LogP contribution is 2.38. The predicted octanol–water partition coefficient (Wildman–Crippen LogP) is 1.69. The Morgan fingerprint density at radius 3 is 2.44 bits per heavy atom. The second-order valence-electron chi connectivity index (χ2n) is 6.02. The molecule has 2 amide bonds. The summed E-state index contributed by atoms with van der Waals surface area (Å²) in [5.74, 6) is 0.592. The highest BCUT2D eigenvalue weighted by molar-refractivity contribution is 6.00. The lowest BCUT2D eigenvalue weighted by Crippen LogP contribution is -2.70. The lowest BCUT2D eigenvalue weighted by Gasteiger charge is -2.47. The number of carbonyl (C=O) groups is 2. The standard InChI is InChI=1S/C14H24N2O2/c1-4-11-12(17)16(9-10(2)3)14(13(18)15-11)7-5-6-8-14/h10-11H,4-9H2,1-3H3,(H,15,18). The maximum atomic E-state index is 12.5. The molecule has 0 aromatic carbocycles. The summed E-state index contributed by atoms with van der Waals surface area (Å²) in [6.07, 6.45) is 4.43. The van der Waals surface area contributed by atoms with E-state index in [9.17, 15) is 9.59 Å². The van der Waals surface area contributed by atoms with Crippen LogP contribution in [0.4, 0.5) is 0 Å². The number of piperazine rings is 1. The molecule has 2 fully saturated rings. The van der Waals surface area contributed by atoms with Crippen LogP contribution in [0.2, 0.25) is 0 Å². The average Bonchev–Trinajstić information content (AvgIpc) is 2.80. The lowest BCUT2D eigenvalue weighted by molar-refractivity contribution is -0.158. The van der Waals surface area contributed by atoms with Gasteiger partial charge in [0.1, 0.15) is 11.6 Å². The Morgan fingerprint density at radius 2 is 1.94 bits per heavy atom. The van der Waals surface area contributed by atoms with E-state index in [0.29, 0.717) is 18.9 Å². The monoisotopic (exact) mass is 252 g/mol. The molecule has 0 radical (unpaired) electrons. The van der Waals surface area contributed by atoms with Crippen LogP contribution in [-0.4, -0.2) is 34.8 Å². The molecule has 2 aliphatic rings. The summed E-state index contributed by atoms with van der Waals surface area (Å²) in [6, 6.07) is -0.317. The zero-order valence-electron chi connectivity index (χ0n) is 11.7. The molecule has 1 heterocycles. The number of carbonyl (C=O) groups excluding carboxylic acids is 2. The highest BCUT2D eigenvalue weighted by Gasteiger charge is 2.53. The van der Waals surface area contributed by atoms with E-state index in [0.717, 1.165) is 25.7 Å². The van der Waals surface area contributed by atoms with Crippen LogP contribution < -0.4 is 5.32 Å². The zero-order chi connectivity index (χ0) is 13.3. The van der Waals surface area contributed by atoms with Crippen molar-refractivity contribution in [2.24, 2.45) is 5.92 Å². The fourth-order valence-corrected chi connectivity index (χ4v) is 3.24. The summed E-state index contributed by atoms with van der Waals surface area (Å²) >= 11 is 0. The third-order valence-electron chi connectivity index (χ3n) is 4.20. The first-order chi connectivity index (χ1) is 8.51. The molecule has 4 nitrogen and oxygen atoms in total. The van der Waals surface area contributed by atoms with Crippen LogP contribution in [0.15, 0.2) is 0 Å². The van der Waals surface area contributed by atoms with Crippen molar-refractivity contribution < 1.29 is 9.59 Å². The highest BCUT2D eigenvalue weighted by atomic mass is 16.2. The number of nitrogens with zero attached hydrogens (tertiary/aromatic N) is 1. The van der Waals surface area contributed by atoms with E-state index in [1.54, 1.807) is 0 Å². The van der Waals surface area contributed by atoms with Gasteiger partial charge in [-0.25, -0.2) is 0 Å². The fourth-order valence-electron chi connectivity index (χ4n) is 3.24. The fraction of sp³-hybridized carbons (Fsp3) is 0.857. The van der Waals surface area contributed by atoms with Crippen molar-refractivity contribution in [1.82, 2.24) is 10.2 Å². The largest absolute Gasteiger partial charge is 0.342 e. The van der Waals surface area contributed by atoms with Crippen molar-refractivity contribution in [1.29, 1.82) is 0 Å². The third-order valence-corrected chi connectivity index (χ3v) is 4.20. The Morgan fingerprint density at radius 1 is 1.33 bits per heavy atom. The quantitative estimate of drug-likeness (QED) is 0.831. The first-order valence-electron chi connectivity index (χ1n) is 7.13. The summed E-state index contributed by atoms with van der Waals surface area (Å²) in [6.45, 7) is 6.85. The minimum absolute atomic E-state index is 0.0760. The molecule has 1 spiro atoms. The van der Waals surface area contributed by atoms with Crippen LogP contribution in [0.1, 0.15) is 52.9 Å². The van der Waals surface area contributed by atoms with E-state index >= 15 is 0 Å². The van der Waals surface area contributed by atoms with Gasteiger partial charge in [0.05, 0.1) is 0 Å². The normalized spacial score (nSPS) is 27.1. The van der Waals surface area contributed by atoms with Crippen LogP contribution in [0.25, 0.3) is 0 Å². The number of rotatable bonds is 3. The van der Waals surface area contributed by atoms with Gasteiger partial charge in [-0.2, -0.15) is 0 Å². The first kappa shape index (κ1) is 13.4. The molecule has 102 valence electrons. The van der Waals surface area contributed by atoms with Crippen molar-refractivity contribution in [3.63, 3.8) is 0 Å². The Balaban J connectivity index is 2.31. The zero-order valence-corrected chi connectivity index (χ0v) is 11.7. The van der Waals surface area contributed by atoms with Gasteiger partial charge in [0.2, 0.25) is 11.8 Å². The molecule has 0 aromatic heterocycles. The molecule has 4 heteroatoms. The summed E-state index contributed by atoms with van der Waals surface area (Å²) in [4.78, 5) is 26.8. The smallest absolute Gasteiger partial charge is 0.246 e. The van der Waals surface area contributed by atoms with Gasteiger partial charge in [0, 0.05) is 6.54 Å². The Labute approximate surface area is 109 Å². The SMILES string of the molecule is CCC1NC(=O)C2(CCCC2)N(CC(C)C)C1=O. The van der Waals surface area contributed by atoms with Gasteiger partial charge in [0.15, 0.2) is 0 Å². The van der Waals surface area contributed by atoms with Crippen LogP contribution >= 0.6 is 0 Å². The van der Waals surface area contributed by atoms with Crippen LogP contribution in [0, 0.1) is 5.92 Å². The van der Waals surface area contributed by atoms with E-state index in [4.69, 9.17) is 0 Å². The second-order valence-corrected chi connectivity index (χ2v) is 6.02. The van der Waals surface area contributed by atoms with Crippen molar-refractivity contribution in [3.8, 4) is 0 Å². The maximum Gasteiger partial charge on any atom is 0.246 e. The number of hydrogen-bond donors (Lipinski definition) is 1. The van der Waals surface area contributed by atoms with Crippen molar-refractivity contribution in [3.05, 3.63) is 0 Å². The molecule has 1 aliphatic carbocycles. The molecular weight excluding hydrogens is 228 g/mol. The lowest BCUT2D eigenvalue weighted by atomic mass is 9.88. The minimum Gasteiger partial charge on any atom is -0.342 e. The van der Waals surface area contributed by atoms with Gasteiger partial charge in [-0.15, -0.1) is 0 Å². The van der Waals surface area contributed by atoms with Crippen molar-refractivity contribution >= 4 is 11.8 Å². The Bertz CT molecular complexity index is 346. The third kappa shape index (κ3) is 2.02. The van der Waals surface area contributed by atoms with E-state index in [-0.39, 0.29) is 17.9 Å². The van der Waals surface area contributed by atoms with Gasteiger partial charge in [-0.1, -0.05) is 33.6 Å². The molecule has 1 N–H and O–H groups in total. The second kappa shape index (κ2) is 4.90. The number of nitrogens with one attached hydrogen (secondary N) is 1. The van der Waals surface area contributed by atoms with E-state index < -0.39 is 5.54 Å². The molecule has 1 atom stereocenters. The molecule has 1 saturated heterocycles. The average molecular weight is 252 g/mol. The molecule has 0 bridgehead atoms. The summed E-state index contributed by atoms with van der Waals surface area (Å²) in [5.41, 5.74) is -0.535. The maximum absolute atomic E-state index is 12.5. The molecular formula is C14H24N2O2. The molecule has 1 unspecified atom stereocenters. The van der Waals surface area contributed by atoms with E-state index in [2.05, 4.69) is 19.2 Å². The van der Waals surface area contributed by atoms with Gasteiger partial charge < -0.3 is 10.2 Å². The molecule has 0 aromatic rings. The first-order valence-corrected chi connectivity index (χ1v) is 7.13. The minimum atomic E-state index is -0.535. The number of hydrogen-bond acceptors (Lipinski definition) is 2. The van der Waals surface area contributed by atoms with Crippen LogP contribution in [-0.2, 0) is 9.59 Å². The van der Waals surface area contributed by atoms with Gasteiger partial charge in [-0.05, 0) is 25.2 Å². The van der Waals surface area contributed by atoms with Crippen LogP contribution in [0.3, 0.4) is 0 Å². The predicted molar refractivity (Wildman–Crippen MR) is 70.0 cm³/mol. The number of amides is 2. The summed E-state index contributed by atoms with van der Waals surface area (Å²) in [5, 5.41) is 2.92. The molecule has 1 aliphatic heterocycles. The van der Waals surface area contributed by atoms with Crippen LogP contribution in [0.5, 0.6) is 0 Å². The molecule has 1 saturated carbocycles. The summed E-state index contributed by atoms with van der Waals surface area (Å²) in [7, 11) is 0. The molecule has 18 heavy (non-hydrogen) atoms. The Kier molecular flexibility index (Phi) is 3.64. The van der Waals surface area contributed by atoms with Gasteiger partial charge >= 0.3 is 0 Å². The van der Waals surface area contributed by atoms with Crippen molar-refractivity contribution in [2.75, 3.05) is 6.54 Å². The topological polar surface area (TPSA) is 49.4 Å².